The standard InChI is InChI=1S/C20H12F4N2O4/c21-13-5-12-6-14(9-26-4-2-11-1-3-25-8-16(11)18(26)27)30-17(12)15(7-13)19(28)29-10-20(22,23)24/h1-8H,9-10H2. The zero-order valence-corrected chi connectivity index (χ0v) is 15.1. The van der Waals surface area contributed by atoms with E-state index in [4.69, 9.17) is 4.42 Å². The van der Waals surface area contributed by atoms with Gasteiger partial charge in [-0.25, -0.2) is 9.18 Å². The Bertz CT molecular complexity index is 1320. The molecule has 0 amide bonds. The number of hydrogen-bond donors (Lipinski definition) is 0. The minimum Gasteiger partial charge on any atom is -0.458 e. The van der Waals surface area contributed by atoms with Crippen LogP contribution in [-0.2, 0) is 11.3 Å². The SMILES string of the molecule is O=C(OCC(F)(F)F)c1cc(F)cc2cc(Cn3ccc4ccncc4c3=O)oc12. The highest BCUT2D eigenvalue weighted by Gasteiger charge is 2.30. The van der Waals surface area contributed by atoms with E-state index in [9.17, 15) is 27.2 Å². The molecule has 0 saturated carbocycles. The Hall–Kier alpha value is -3.69. The lowest BCUT2D eigenvalue weighted by Gasteiger charge is -2.08. The monoisotopic (exact) mass is 420 g/mol. The van der Waals surface area contributed by atoms with Crippen LogP contribution < -0.4 is 5.56 Å². The Kier molecular flexibility index (Phi) is 4.76. The molecule has 0 atom stereocenters. The highest BCUT2D eigenvalue weighted by atomic mass is 19.4. The summed E-state index contributed by atoms with van der Waals surface area (Å²) in [5, 5.41) is 1.24. The van der Waals surface area contributed by atoms with E-state index in [1.165, 1.54) is 23.0 Å². The van der Waals surface area contributed by atoms with E-state index in [1.54, 1.807) is 18.3 Å². The summed E-state index contributed by atoms with van der Waals surface area (Å²) in [6.45, 7) is -1.85. The van der Waals surface area contributed by atoms with Crippen molar-refractivity contribution >= 4 is 27.7 Å². The molecule has 0 unspecified atom stereocenters. The molecule has 0 N–H and O–H groups in total. The van der Waals surface area contributed by atoms with Gasteiger partial charge in [-0.15, -0.1) is 0 Å². The van der Waals surface area contributed by atoms with Gasteiger partial charge in [0, 0.05) is 24.0 Å². The van der Waals surface area contributed by atoms with Crippen molar-refractivity contribution in [2.45, 2.75) is 12.7 Å². The Morgan fingerprint density at radius 2 is 1.97 bits per heavy atom. The topological polar surface area (TPSA) is 74.3 Å². The minimum atomic E-state index is -4.72. The number of alkyl halides is 3. The maximum absolute atomic E-state index is 13.9. The number of rotatable bonds is 4. The first-order valence-corrected chi connectivity index (χ1v) is 8.60. The zero-order valence-electron chi connectivity index (χ0n) is 15.1. The Balaban J connectivity index is 1.69. The number of ether oxygens (including phenoxy) is 1. The second kappa shape index (κ2) is 7.29. The lowest BCUT2D eigenvalue weighted by atomic mass is 10.1. The number of benzene rings is 1. The van der Waals surface area contributed by atoms with Gasteiger partial charge in [-0.3, -0.25) is 9.78 Å². The van der Waals surface area contributed by atoms with E-state index in [0.29, 0.717) is 10.8 Å². The molecule has 6 nitrogen and oxygen atoms in total. The van der Waals surface area contributed by atoms with Gasteiger partial charge in [0.05, 0.1) is 11.9 Å². The van der Waals surface area contributed by atoms with Crippen molar-refractivity contribution in [2.24, 2.45) is 0 Å². The van der Waals surface area contributed by atoms with Gasteiger partial charge in [0.25, 0.3) is 5.56 Å². The van der Waals surface area contributed by atoms with Crippen molar-refractivity contribution < 1.29 is 31.5 Å². The first-order valence-electron chi connectivity index (χ1n) is 8.60. The maximum atomic E-state index is 13.9. The first kappa shape index (κ1) is 19.6. The van der Waals surface area contributed by atoms with Crippen molar-refractivity contribution in [2.75, 3.05) is 6.61 Å². The van der Waals surface area contributed by atoms with Crippen LogP contribution in [0.25, 0.3) is 21.7 Å². The van der Waals surface area contributed by atoms with Crippen molar-refractivity contribution in [3.05, 3.63) is 76.4 Å². The third-order valence-corrected chi connectivity index (χ3v) is 4.33. The van der Waals surface area contributed by atoms with Crippen LogP contribution in [0, 0.1) is 5.82 Å². The minimum absolute atomic E-state index is 0.0446. The summed E-state index contributed by atoms with van der Waals surface area (Å²) in [7, 11) is 0. The highest BCUT2D eigenvalue weighted by Crippen LogP contribution is 2.26. The van der Waals surface area contributed by atoms with E-state index in [0.717, 1.165) is 12.1 Å². The van der Waals surface area contributed by atoms with Gasteiger partial charge >= 0.3 is 12.1 Å². The van der Waals surface area contributed by atoms with Gasteiger partial charge in [0.1, 0.15) is 22.7 Å². The fourth-order valence-electron chi connectivity index (χ4n) is 3.04. The molecule has 10 heteroatoms. The molecule has 0 radical (unpaired) electrons. The lowest BCUT2D eigenvalue weighted by molar-refractivity contribution is -0.161. The number of aromatic nitrogens is 2. The normalized spacial score (nSPS) is 11.9. The zero-order chi connectivity index (χ0) is 21.5. The number of carbonyl (C=O) groups is 1. The number of carbonyl (C=O) groups excluding carboxylic acids is 1. The highest BCUT2D eigenvalue weighted by molar-refractivity contribution is 6.02. The molecule has 3 aromatic heterocycles. The van der Waals surface area contributed by atoms with Crippen LogP contribution in [0.4, 0.5) is 17.6 Å². The summed E-state index contributed by atoms with van der Waals surface area (Å²) in [6, 6.07) is 6.60. The molecule has 0 bridgehead atoms. The Morgan fingerprint density at radius 3 is 2.73 bits per heavy atom. The van der Waals surface area contributed by atoms with Crippen LogP contribution in [0.5, 0.6) is 0 Å². The fraction of sp³-hybridized carbons (Fsp3) is 0.150. The molecular formula is C20H12F4N2O4. The van der Waals surface area contributed by atoms with E-state index in [2.05, 4.69) is 9.72 Å². The Morgan fingerprint density at radius 1 is 1.17 bits per heavy atom. The molecule has 4 aromatic rings. The van der Waals surface area contributed by atoms with Gasteiger partial charge in [0.15, 0.2) is 6.61 Å². The average molecular weight is 420 g/mol. The molecule has 0 spiro atoms. The second-order valence-corrected chi connectivity index (χ2v) is 6.49. The van der Waals surface area contributed by atoms with E-state index >= 15 is 0 Å². The largest absolute Gasteiger partial charge is 0.458 e. The molecule has 1 aromatic carbocycles. The third-order valence-electron chi connectivity index (χ3n) is 4.33. The van der Waals surface area contributed by atoms with Crippen LogP contribution in [0.2, 0.25) is 0 Å². The molecule has 0 saturated heterocycles. The van der Waals surface area contributed by atoms with Crippen molar-refractivity contribution in [1.29, 1.82) is 0 Å². The number of furan rings is 1. The predicted molar refractivity (Wildman–Crippen MR) is 97.6 cm³/mol. The van der Waals surface area contributed by atoms with Crippen molar-refractivity contribution in [3.8, 4) is 0 Å². The van der Waals surface area contributed by atoms with Gasteiger partial charge in [-0.1, -0.05) is 0 Å². The van der Waals surface area contributed by atoms with Gasteiger partial charge < -0.3 is 13.7 Å². The average Bonchev–Trinajstić information content (AvgIpc) is 3.09. The van der Waals surface area contributed by atoms with E-state index in [1.807, 2.05) is 0 Å². The summed E-state index contributed by atoms with van der Waals surface area (Å²) < 4.78 is 61.9. The molecule has 0 aliphatic rings. The fourth-order valence-corrected chi connectivity index (χ4v) is 3.04. The lowest BCUT2D eigenvalue weighted by Crippen LogP contribution is -2.20. The molecule has 0 aliphatic heterocycles. The third kappa shape index (κ3) is 3.88. The van der Waals surface area contributed by atoms with Crippen LogP contribution in [0.1, 0.15) is 16.1 Å². The summed E-state index contributed by atoms with van der Waals surface area (Å²) in [4.78, 5) is 28.5. The van der Waals surface area contributed by atoms with E-state index < -0.39 is 30.1 Å². The van der Waals surface area contributed by atoms with Gasteiger partial charge in [0.2, 0.25) is 0 Å². The van der Waals surface area contributed by atoms with Gasteiger partial charge in [-0.2, -0.15) is 13.2 Å². The number of halogens is 4. The molecule has 4 rings (SSSR count). The molecule has 3 heterocycles. The smallest absolute Gasteiger partial charge is 0.422 e. The van der Waals surface area contributed by atoms with Crippen LogP contribution >= 0.6 is 0 Å². The van der Waals surface area contributed by atoms with Gasteiger partial charge in [-0.05, 0) is 35.7 Å². The number of nitrogens with zero attached hydrogens (tertiary/aromatic N) is 2. The number of hydrogen-bond acceptors (Lipinski definition) is 5. The van der Waals surface area contributed by atoms with Crippen molar-refractivity contribution in [3.63, 3.8) is 0 Å². The van der Waals surface area contributed by atoms with Crippen LogP contribution in [0.15, 0.2) is 58.1 Å². The molecule has 0 aliphatic carbocycles. The van der Waals surface area contributed by atoms with E-state index in [-0.39, 0.29) is 28.8 Å². The molecule has 154 valence electrons. The summed E-state index contributed by atoms with van der Waals surface area (Å²) in [5.74, 6) is -2.01. The molecule has 30 heavy (non-hydrogen) atoms. The first-order chi connectivity index (χ1) is 14.2. The van der Waals surface area contributed by atoms with Crippen molar-refractivity contribution in [1.82, 2.24) is 9.55 Å². The number of pyridine rings is 2. The number of fused-ring (bicyclic) bond motifs is 2. The quantitative estimate of drug-likeness (QED) is 0.368. The summed E-state index contributed by atoms with van der Waals surface area (Å²) in [5.41, 5.74) is -0.943. The number of esters is 1. The molecule has 0 fully saturated rings. The Labute approximate surface area is 165 Å². The predicted octanol–water partition coefficient (Wildman–Crippen LogP) is 4.05. The maximum Gasteiger partial charge on any atom is 0.422 e. The molecular weight excluding hydrogens is 408 g/mol. The van der Waals surface area contributed by atoms with Crippen LogP contribution in [-0.4, -0.2) is 28.3 Å². The summed E-state index contributed by atoms with van der Waals surface area (Å²) in [6.07, 6.45) is -0.199. The van der Waals surface area contributed by atoms with Crippen LogP contribution in [0.3, 0.4) is 0 Å². The summed E-state index contributed by atoms with van der Waals surface area (Å²) >= 11 is 0. The second-order valence-electron chi connectivity index (χ2n) is 6.49.